The summed E-state index contributed by atoms with van der Waals surface area (Å²) in [6.45, 7) is 2.46. The number of carbonyl (C=O) groups excluding carboxylic acids is 1. The fourth-order valence-electron chi connectivity index (χ4n) is 2.07. The van der Waals surface area contributed by atoms with E-state index in [1.807, 2.05) is 0 Å². The van der Waals surface area contributed by atoms with Crippen LogP contribution in [0.5, 0.6) is 0 Å². The van der Waals surface area contributed by atoms with Crippen molar-refractivity contribution in [1.82, 2.24) is 10.5 Å². The SMILES string of the molecule is Cc1nocc1C(=O)NCCC1=CCCCC1. The summed E-state index contributed by atoms with van der Waals surface area (Å²) in [5.41, 5.74) is 2.64. The molecule has 0 fully saturated rings. The molecule has 1 aromatic heterocycles. The molecular weight excluding hydrogens is 216 g/mol. The number of nitrogens with zero attached hydrogens (tertiary/aromatic N) is 1. The van der Waals surface area contributed by atoms with Crippen molar-refractivity contribution < 1.29 is 9.32 Å². The second-order valence-electron chi connectivity index (χ2n) is 4.43. The highest BCUT2D eigenvalue weighted by atomic mass is 16.5. The maximum Gasteiger partial charge on any atom is 0.256 e. The molecule has 92 valence electrons. The first-order valence-electron chi connectivity index (χ1n) is 6.14. The zero-order chi connectivity index (χ0) is 12.1. The minimum Gasteiger partial charge on any atom is -0.364 e. The van der Waals surface area contributed by atoms with Crippen molar-refractivity contribution in [3.8, 4) is 0 Å². The maximum atomic E-state index is 11.7. The van der Waals surface area contributed by atoms with Crippen LogP contribution in [0.15, 0.2) is 22.4 Å². The van der Waals surface area contributed by atoms with Gasteiger partial charge in [0.1, 0.15) is 11.8 Å². The molecule has 0 unspecified atom stereocenters. The summed E-state index contributed by atoms with van der Waals surface area (Å²) < 4.78 is 4.74. The van der Waals surface area contributed by atoms with E-state index in [2.05, 4.69) is 16.5 Å². The molecule has 2 rings (SSSR count). The number of aryl methyl sites for hydroxylation is 1. The van der Waals surface area contributed by atoms with Crippen LogP contribution in [0.25, 0.3) is 0 Å². The molecule has 4 nitrogen and oxygen atoms in total. The van der Waals surface area contributed by atoms with Crippen molar-refractivity contribution in [1.29, 1.82) is 0 Å². The lowest BCUT2D eigenvalue weighted by Gasteiger charge is -2.12. The van der Waals surface area contributed by atoms with Gasteiger partial charge in [0.15, 0.2) is 0 Å². The standard InChI is InChI=1S/C13H18N2O2/c1-10-12(9-17-15-10)13(16)14-8-7-11-5-3-2-4-6-11/h5,9H,2-4,6-8H2,1H3,(H,14,16). The number of nitrogens with one attached hydrogen (secondary N) is 1. The van der Waals surface area contributed by atoms with Crippen molar-refractivity contribution in [2.75, 3.05) is 6.54 Å². The Hall–Kier alpha value is -1.58. The van der Waals surface area contributed by atoms with E-state index in [9.17, 15) is 4.79 Å². The number of hydrogen-bond donors (Lipinski definition) is 1. The largest absolute Gasteiger partial charge is 0.364 e. The number of aromatic nitrogens is 1. The van der Waals surface area contributed by atoms with E-state index in [1.165, 1.54) is 37.5 Å². The molecule has 4 heteroatoms. The predicted octanol–water partition coefficient (Wildman–Crippen LogP) is 2.60. The number of rotatable bonds is 4. The van der Waals surface area contributed by atoms with Crippen molar-refractivity contribution >= 4 is 5.91 Å². The highest BCUT2D eigenvalue weighted by molar-refractivity contribution is 5.94. The fraction of sp³-hybridized carbons (Fsp3) is 0.538. The van der Waals surface area contributed by atoms with Crippen molar-refractivity contribution in [3.05, 3.63) is 29.2 Å². The van der Waals surface area contributed by atoms with Gasteiger partial charge in [0.25, 0.3) is 5.91 Å². The molecule has 1 aliphatic carbocycles. The summed E-state index contributed by atoms with van der Waals surface area (Å²) in [5.74, 6) is -0.0971. The number of carbonyl (C=O) groups is 1. The van der Waals surface area contributed by atoms with Gasteiger partial charge in [0.05, 0.1) is 5.69 Å². The Morgan fingerprint density at radius 2 is 2.41 bits per heavy atom. The molecule has 0 spiro atoms. The monoisotopic (exact) mass is 234 g/mol. The van der Waals surface area contributed by atoms with Crippen molar-refractivity contribution in [2.45, 2.75) is 39.0 Å². The Morgan fingerprint density at radius 1 is 1.53 bits per heavy atom. The van der Waals surface area contributed by atoms with Gasteiger partial charge in [-0.3, -0.25) is 4.79 Å². The summed E-state index contributed by atoms with van der Waals surface area (Å²) >= 11 is 0. The third kappa shape index (κ3) is 3.19. The minimum atomic E-state index is -0.0971. The van der Waals surface area contributed by atoms with Crippen molar-refractivity contribution in [3.63, 3.8) is 0 Å². The van der Waals surface area contributed by atoms with Crippen LogP contribution in [-0.4, -0.2) is 17.6 Å². The Bertz CT molecular complexity index is 421. The molecular formula is C13H18N2O2. The quantitative estimate of drug-likeness (QED) is 0.815. The van der Waals surface area contributed by atoms with E-state index < -0.39 is 0 Å². The Kier molecular flexibility index (Phi) is 3.96. The van der Waals surface area contributed by atoms with E-state index in [1.54, 1.807) is 6.92 Å². The van der Waals surface area contributed by atoms with E-state index in [0.717, 1.165) is 6.42 Å². The first-order valence-corrected chi connectivity index (χ1v) is 6.14. The third-order valence-electron chi connectivity index (χ3n) is 3.11. The van der Waals surface area contributed by atoms with Crippen LogP contribution in [0.2, 0.25) is 0 Å². The molecule has 1 heterocycles. The van der Waals surface area contributed by atoms with Crippen LogP contribution in [-0.2, 0) is 0 Å². The van der Waals surface area contributed by atoms with E-state index in [4.69, 9.17) is 4.52 Å². The van der Waals surface area contributed by atoms with Gasteiger partial charge >= 0.3 is 0 Å². The van der Waals surface area contributed by atoms with Gasteiger partial charge in [-0.25, -0.2) is 0 Å². The molecule has 0 radical (unpaired) electrons. The second-order valence-corrected chi connectivity index (χ2v) is 4.43. The average molecular weight is 234 g/mol. The third-order valence-corrected chi connectivity index (χ3v) is 3.11. The summed E-state index contributed by atoms with van der Waals surface area (Å²) in [5, 5.41) is 6.58. The van der Waals surface area contributed by atoms with Crippen LogP contribution in [0, 0.1) is 6.92 Å². The minimum absolute atomic E-state index is 0.0971. The smallest absolute Gasteiger partial charge is 0.256 e. The van der Waals surface area contributed by atoms with Crippen LogP contribution >= 0.6 is 0 Å². The molecule has 1 amide bonds. The number of hydrogen-bond acceptors (Lipinski definition) is 3. The van der Waals surface area contributed by atoms with Gasteiger partial charge in [-0.1, -0.05) is 16.8 Å². The molecule has 0 aliphatic heterocycles. The van der Waals surface area contributed by atoms with E-state index in [-0.39, 0.29) is 5.91 Å². The molecule has 0 atom stereocenters. The van der Waals surface area contributed by atoms with Crippen LogP contribution < -0.4 is 5.32 Å². The molecule has 17 heavy (non-hydrogen) atoms. The summed E-state index contributed by atoms with van der Waals surface area (Å²) in [6.07, 6.45) is 9.61. The Labute approximate surface area is 101 Å². The highest BCUT2D eigenvalue weighted by Gasteiger charge is 2.12. The first kappa shape index (κ1) is 11.9. The van der Waals surface area contributed by atoms with Gasteiger partial charge in [-0.2, -0.15) is 0 Å². The van der Waals surface area contributed by atoms with Gasteiger partial charge in [-0.05, 0) is 39.0 Å². The molecule has 0 bridgehead atoms. The van der Waals surface area contributed by atoms with Crippen LogP contribution in [0.3, 0.4) is 0 Å². The van der Waals surface area contributed by atoms with Crippen molar-refractivity contribution in [2.24, 2.45) is 0 Å². The lowest BCUT2D eigenvalue weighted by Crippen LogP contribution is -2.25. The Morgan fingerprint density at radius 3 is 3.06 bits per heavy atom. The number of allylic oxidation sites excluding steroid dienone is 1. The summed E-state index contributed by atoms with van der Waals surface area (Å²) in [7, 11) is 0. The maximum absolute atomic E-state index is 11.7. The number of amides is 1. The fourth-order valence-corrected chi connectivity index (χ4v) is 2.07. The predicted molar refractivity (Wildman–Crippen MR) is 64.7 cm³/mol. The molecule has 1 aliphatic rings. The average Bonchev–Trinajstić information content (AvgIpc) is 2.77. The highest BCUT2D eigenvalue weighted by Crippen LogP contribution is 2.19. The van der Waals surface area contributed by atoms with Crippen LogP contribution in [0.4, 0.5) is 0 Å². The van der Waals surface area contributed by atoms with E-state index >= 15 is 0 Å². The molecule has 1 N–H and O–H groups in total. The summed E-state index contributed by atoms with van der Waals surface area (Å²) in [4.78, 5) is 11.7. The zero-order valence-electron chi connectivity index (χ0n) is 10.2. The normalized spacial score (nSPS) is 15.5. The lowest BCUT2D eigenvalue weighted by atomic mass is 9.97. The van der Waals surface area contributed by atoms with Crippen LogP contribution in [0.1, 0.15) is 48.2 Å². The molecule has 1 aromatic rings. The van der Waals surface area contributed by atoms with Gasteiger partial charge < -0.3 is 9.84 Å². The van der Waals surface area contributed by atoms with Gasteiger partial charge in [0.2, 0.25) is 0 Å². The van der Waals surface area contributed by atoms with Gasteiger partial charge in [0, 0.05) is 6.54 Å². The topological polar surface area (TPSA) is 55.1 Å². The molecule has 0 saturated carbocycles. The Balaban J connectivity index is 1.77. The zero-order valence-corrected chi connectivity index (χ0v) is 10.2. The lowest BCUT2D eigenvalue weighted by molar-refractivity contribution is 0.0953. The summed E-state index contributed by atoms with van der Waals surface area (Å²) in [6, 6.07) is 0. The molecule has 0 saturated heterocycles. The molecule has 0 aromatic carbocycles. The first-order chi connectivity index (χ1) is 8.27. The van der Waals surface area contributed by atoms with Gasteiger partial charge in [-0.15, -0.1) is 0 Å². The van der Waals surface area contributed by atoms with E-state index in [0.29, 0.717) is 17.8 Å². The second kappa shape index (κ2) is 5.66.